The maximum Gasteiger partial charge on any atom is 0.261 e. The monoisotopic (exact) mass is 439 g/mol. The summed E-state index contributed by atoms with van der Waals surface area (Å²) in [4.78, 5) is 19.4. The summed E-state index contributed by atoms with van der Waals surface area (Å²) < 4.78 is 8.93. The molecule has 1 aromatic carbocycles. The standard InChI is InChI=1S/C21H22ClN7O2/c1-27(2)9-10-28-19(15-11-14(22)5-6-18(15)31-3)17(13-25-28)26-21(30)16-12-24-29-8-4-7-23-20(16)29/h4-8,11-13H,9-10H2,1-3H3,(H,26,30). The van der Waals surface area contributed by atoms with Crippen LogP contribution in [0.3, 0.4) is 0 Å². The molecule has 0 atom stereocenters. The predicted octanol–water partition coefficient (Wildman–Crippen LogP) is 3.07. The molecule has 0 fully saturated rings. The number of fused-ring (bicyclic) bond motifs is 1. The zero-order valence-electron chi connectivity index (χ0n) is 17.4. The van der Waals surface area contributed by atoms with Crippen molar-refractivity contribution in [3.63, 3.8) is 0 Å². The zero-order valence-corrected chi connectivity index (χ0v) is 18.2. The van der Waals surface area contributed by atoms with Gasteiger partial charge in [-0.05, 0) is 38.4 Å². The molecule has 0 radical (unpaired) electrons. The van der Waals surface area contributed by atoms with Gasteiger partial charge in [-0.15, -0.1) is 0 Å². The van der Waals surface area contributed by atoms with E-state index >= 15 is 0 Å². The molecular formula is C21H22ClN7O2. The minimum atomic E-state index is -0.330. The first kappa shape index (κ1) is 20.8. The average molecular weight is 440 g/mol. The summed E-state index contributed by atoms with van der Waals surface area (Å²) in [5.41, 5.74) is 2.82. The highest BCUT2D eigenvalue weighted by molar-refractivity contribution is 6.31. The fraction of sp³-hybridized carbons (Fsp3) is 0.238. The highest BCUT2D eigenvalue weighted by Gasteiger charge is 2.21. The van der Waals surface area contributed by atoms with Crippen molar-refractivity contribution in [1.29, 1.82) is 0 Å². The third-order valence-electron chi connectivity index (χ3n) is 4.79. The van der Waals surface area contributed by atoms with E-state index in [4.69, 9.17) is 16.3 Å². The van der Waals surface area contributed by atoms with Gasteiger partial charge in [-0.1, -0.05) is 11.6 Å². The van der Waals surface area contributed by atoms with Gasteiger partial charge in [0.1, 0.15) is 11.3 Å². The Labute approximate surface area is 184 Å². The second-order valence-electron chi connectivity index (χ2n) is 7.18. The van der Waals surface area contributed by atoms with Crippen molar-refractivity contribution in [3.05, 3.63) is 59.6 Å². The molecule has 0 aliphatic carbocycles. The van der Waals surface area contributed by atoms with E-state index < -0.39 is 0 Å². The van der Waals surface area contributed by atoms with E-state index in [1.54, 1.807) is 54.5 Å². The predicted molar refractivity (Wildman–Crippen MR) is 119 cm³/mol. The van der Waals surface area contributed by atoms with Crippen molar-refractivity contribution in [2.45, 2.75) is 6.54 Å². The number of likely N-dealkylation sites (N-methyl/N-ethyl adjacent to an activating group) is 1. The fourth-order valence-corrected chi connectivity index (χ4v) is 3.44. The zero-order chi connectivity index (χ0) is 22.0. The Morgan fingerprint density at radius 1 is 1.26 bits per heavy atom. The first-order valence-electron chi connectivity index (χ1n) is 9.62. The molecule has 0 saturated carbocycles. The number of nitrogens with zero attached hydrogens (tertiary/aromatic N) is 6. The average Bonchev–Trinajstić information content (AvgIpc) is 3.36. The Morgan fingerprint density at radius 2 is 2.10 bits per heavy atom. The summed E-state index contributed by atoms with van der Waals surface area (Å²) >= 11 is 6.28. The van der Waals surface area contributed by atoms with E-state index in [9.17, 15) is 4.79 Å². The lowest BCUT2D eigenvalue weighted by molar-refractivity contribution is 0.102. The molecule has 1 N–H and O–H groups in total. The largest absolute Gasteiger partial charge is 0.496 e. The first-order valence-corrected chi connectivity index (χ1v) is 10.00. The maximum atomic E-state index is 13.1. The molecule has 0 aliphatic rings. The first-order chi connectivity index (χ1) is 15.0. The number of anilines is 1. The van der Waals surface area contributed by atoms with Crippen molar-refractivity contribution >= 4 is 28.8 Å². The molecule has 4 rings (SSSR count). The van der Waals surface area contributed by atoms with Gasteiger partial charge < -0.3 is 15.0 Å². The van der Waals surface area contributed by atoms with E-state index in [-0.39, 0.29) is 5.91 Å². The van der Waals surface area contributed by atoms with Crippen LogP contribution < -0.4 is 10.1 Å². The number of ether oxygens (including phenoxy) is 1. The number of benzene rings is 1. The summed E-state index contributed by atoms with van der Waals surface area (Å²) in [5.74, 6) is 0.298. The van der Waals surface area contributed by atoms with Crippen molar-refractivity contribution in [1.82, 2.24) is 29.3 Å². The number of hydrogen-bond acceptors (Lipinski definition) is 6. The molecule has 0 saturated heterocycles. The van der Waals surface area contributed by atoms with Crippen LogP contribution in [0.2, 0.25) is 5.02 Å². The van der Waals surface area contributed by atoms with Gasteiger partial charge in [0.2, 0.25) is 0 Å². The molecule has 3 aromatic heterocycles. The van der Waals surface area contributed by atoms with Gasteiger partial charge >= 0.3 is 0 Å². The number of aromatic nitrogens is 5. The van der Waals surface area contributed by atoms with Gasteiger partial charge in [0.25, 0.3) is 5.91 Å². The molecule has 0 aliphatic heterocycles. The van der Waals surface area contributed by atoms with E-state index in [0.717, 1.165) is 12.1 Å². The second-order valence-corrected chi connectivity index (χ2v) is 7.61. The summed E-state index contributed by atoms with van der Waals surface area (Å²) in [6.07, 6.45) is 6.48. The Morgan fingerprint density at radius 3 is 2.87 bits per heavy atom. The van der Waals surface area contributed by atoms with Crippen molar-refractivity contribution in [2.75, 3.05) is 33.1 Å². The number of halogens is 1. The Hall–Kier alpha value is -3.43. The third kappa shape index (κ3) is 4.23. The minimum absolute atomic E-state index is 0.330. The molecule has 0 spiro atoms. The van der Waals surface area contributed by atoms with Crippen molar-refractivity contribution in [2.24, 2.45) is 0 Å². The summed E-state index contributed by atoms with van der Waals surface area (Å²) in [7, 11) is 5.57. The molecule has 31 heavy (non-hydrogen) atoms. The third-order valence-corrected chi connectivity index (χ3v) is 5.02. The van der Waals surface area contributed by atoms with Crippen LogP contribution in [0, 0.1) is 0 Å². The van der Waals surface area contributed by atoms with Crippen LogP contribution in [0.25, 0.3) is 16.9 Å². The molecule has 1 amide bonds. The van der Waals surface area contributed by atoms with Gasteiger partial charge in [-0.3, -0.25) is 9.48 Å². The normalized spacial score (nSPS) is 11.3. The van der Waals surface area contributed by atoms with E-state index in [1.165, 1.54) is 6.20 Å². The second kappa shape index (κ2) is 8.75. The summed E-state index contributed by atoms with van der Waals surface area (Å²) in [6.45, 7) is 1.38. The number of rotatable bonds is 7. The summed E-state index contributed by atoms with van der Waals surface area (Å²) in [5, 5.41) is 12.2. The molecule has 10 heteroatoms. The summed E-state index contributed by atoms with van der Waals surface area (Å²) in [6, 6.07) is 7.10. The molecule has 3 heterocycles. The lowest BCUT2D eigenvalue weighted by atomic mass is 10.1. The van der Waals surface area contributed by atoms with Gasteiger partial charge in [0.15, 0.2) is 5.65 Å². The number of nitrogens with one attached hydrogen (secondary N) is 1. The van der Waals surface area contributed by atoms with Gasteiger partial charge in [-0.25, -0.2) is 9.50 Å². The topological polar surface area (TPSA) is 89.6 Å². The van der Waals surface area contributed by atoms with Crippen LogP contribution in [0.1, 0.15) is 10.4 Å². The lowest BCUT2D eigenvalue weighted by Gasteiger charge is -2.16. The smallest absolute Gasteiger partial charge is 0.261 e. The number of amides is 1. The number of carbonyl (C=O) groups excluding carboxylic acids is 1. The fourth-order valence-electron chi connectivity index (χ4n) is 3.27. The Kier molecular flexibility index (Phi) is 5.88. The van der Waals surface area contributed by atoms with Crippen LogP contribution in [0.15, 0.2) is 49.1 Å². The van der Waals surface area contributed by atoms with E-state index in [2.05, 4.69) is 25.4 Å². The van der Waals surface area contributed by atoms with Gasteiger partial charge in [-0.2, -0.15) is 10.2 Å². The van der Waals surface area contributed by atoms with Gasteiger partial charge in [0.05, 0.1) is 37.4 Å². The van der Waals surface area contributed by atoms with Crippen LogP contribution in [-0.2, 0) is 6.54 Å². The van der Waals surface area contributed by atoms with E-state index in [1.807, 2.05) is 18.8 Å². The van der Waals surface area contributed by atoms with E-state index in [0.29, 0.717) is 39.9 Å². The molecule has 9 nitrogen and oxygen atoms in total. The van der Waals surface area contributed by atoms with Crippen molar-refractivity contribution < 1.29 is 9.53 Å². The molecule has 0 bridgehead atoms. The lowest BCUT2D eigenvalue weighted by Crippen LogP contribution is -2.20. The van der Waals surface area contributed by atoms with Crippen LogP contribution in [0.4, 0.5) is 5.69 Å². The maximum absolute atomic E-state index is 13.1. The molecule has 4 aromatic rings. The molecule has 160 valence electrons. The number of hydrogen-bond donors (Lipinski definition) is 1. The van der Waals surface area contributed by atoms with Crippen LogP contribution in [-0.4, -0.2) is 62.9 Å². The Balaban J connectivity index is 1.76. The minimum Gasteiger partial charge on any atom is -0.496 e. The SMILES string of the molecule is COc1ccc(Cl)cc1-c1c(NC(=O)c2cnn3cccnc23)cnn1CCN(C)C. The van der Waals surface area contributed by atoms with Crippen LogP contribution in [0.5, 0.6) is 5.75 Å². The van der Waals surface area contributed by atoms with Crippen molar-refractivity contribution in [3.8, 4) is 17.0 Å². The molecular weight excluding hydrogens is 418 g/mol. The molecule has 0 unspecified atom stereocenters. The Bertz CT molecular complexity index is 1230. The highest BCUT2D eigenvalue weighted by Crippen LogP contribution is 2.37. The number of methoxy groups -OCH3 is 1. The quantitative estimate of drug-likeness (QED) is 0.476. The number of carbonyl (C=O) groups is 1. The van der Waals surface area contributed by atoms with Gasteiger partial charge in [0, 0.05) is 29.5 Å². The van der Waals surface area contributed by atoms with Crippen LogP contribution >= 0.6 is 11.6 Å². The highest BCUT2D eigenvalue weighted by atomic mass is 35.5.